The average Bonchev–Trinajstić information content (AvgIpc) is 2.38. The molecule has 17 heavy (non-hydrogen) atoms. The Balaban J connectivity index is 2.02. The summed E-state index contributed by atoms with van der Waals surface area (Å²) >= 11 is 0. The maximum absolute atomic E-state index is 4.22. The fourth-order valence-corrected chi connectivity index (χ4v) is 1.51. The van der Waals surface area contributed by atoms with Crippen molar-refractivity contribution in [1.29, 1.82) is 0 Å². The first-order valence-corrected chi connectivity index (χ1v) is 5.52. The third-order valence-electron chi connectivity index (χ3n) is 2.45. The molecule has 0 saturated heterocycles. The molecular formula is C13H16N4. The normalized spacial score (nSPS) is 10.0. The predicted molar refractivity (Wildman–Crippen MR) is 70.1 cm³/mol. The fraction of sp³-hybridized carbons (Fsp3) is 0.231. The molecule has 2 aromatic rings. The molecule has 0 unspecified atom stereocenters. The van der Waals surface area contributed by atoms with Gasteiger partial charge in [-0.3, -0.25) is 9.97 Å². The van der Waals surface area contributed by atoms with Crippen LogP contribution in [0, 0.1) is 0 Å². The maximum atomic E-state index is 4.22. The topological polar surface area (TPSA) is 41.0 Å². The maximum Gasteiger partial charge on any atom is 0.0777 e. The summed E-state index contributed by atoms with van der Waals surface area (Å²) in [7, 11) is 4.06. The lowest BCUT2D eigenvalue weighted by Crippen LogP contribution is -2.09. The van der Waals surface area contributed by atoms with Gasteiger partial charge in [0, 0.05) is 37.9 Å². The van der Waals surface area contributed by atoms with Crippen LogP contribution in [-0.2, 0) is 6.54 Å². The highest BCUT2D eigenvalue weighted by Crippen LogP contribution is 2.17. The standard InChI is InChI=1S/C13H16N4/c1-17(2)13-5-3-4-11(8-13)16-10-12-9-14-6-7-15-12/h3-9,16H,10H2,1-2H3. The van der Waals surface area contributed by atoms with Crippen LogP contribution in [0.5, 0.6) is 0 Å². The Morgan fingerprint density at radius 2 is 2.12 bits per heavy atom. The van der Waals surface area contributed by atoms with Crippen molar-refractivity contribution in [1.82, 2.24) is 9.97 Å². The summed E-state index contributed by atoms with van der Waals surface area (Å²) in [6.45, 7) is 0.685. The molecule has 0 radical (unpaired) electrons. The van der Waals surface area contributed by atoms with Gasteiger partial charge in [-0.1, -0.05) is 6.07 Å². The van der Waals surface area contributed by atoms with Crippen molar-refractivity contribution in [2.75, 3.05) is 24.3 Å². The summed E-state index contributed by atoms with van der Waals surface area (Å²) in [5, 5.41) is 3.33. The van der Waals surface area contributed by atoms with Gasteiger partial charge in [0.15, 0.2) is 0 Å². The monoisotopic (exact) mass is 228 g/mol. The van der Waals surface area contributed by atoms with E-state index in [0.717, 1.165) is 11.4 Å². The van der Waals surface area contributed by atoms with Gasteiger partial charge in [0.1, 0.15) is 0 Å². The van der Waals surface area contributed by atoms with E-state index in [2.05, 4.69) is 32.3 Å². The van der Waals surface area contributed by atoms with Crippen LogP contribution in [0.4, 0.5) is 11.4 Å². The number of benzene rings is 1. The minimum absolute atomic E-state index is 0.685. The highest BCUT2D eigenvalue weighted by Gasteiger charge is 1.98. The summed E-state index contributed by atoms with van der Waals surface area (Å²) in [6, 6.07) is 8.27. The molecule has 4 heteroatoms. The van der Waals surface area contributed by atoms with E-state index < -0.39 is 0 Å². The second-order valence-corrected chi connectivity index (χ2v) is 4.00. The van der Waals surface area contributed by atoms with Gasteiger partial charge in [-0.25, -0.2) is 0 Å². The Morgan fingerprint density at radius 3 is 2.82 bits per heavy atom. The molecule has 1 aromatic heterocycles. The smallest absolute Gasteiger partial charge is 0.0777 e. The molecule has 0 spiro atoms. The molecule has 2 rings (SSSR count). The number of hydrogen-bond acceptors (Lipinski definition) is 4. The van der Waals surface area contributed by atoms with Gasteiger partial charge in [-0.15, -0.1) is 0 Å². The number of aromatic nitrogens is 2. The molecule has 0 aliphatic heterocycles. The van der Waals surface area contributed by atoms with Gasteiger partial charge in [0.25, 0.3) is 0 Å². The molecule has 88 valence electrons. The van der Waals surface area contributed by atoms with Gasteiger partial charge in [-0.2, -0.15) is 0 Å². The van der Waals surface area contributed by atoms with Crippen LogP contribution >= 0.6 is 0 Å². The van der Waals surface area contributed by atoms with Crippen LogP contribution in [0.25, 0.3) is 0 Å². The first-order chi connectivity index (χ1) is 8.25. The van der Waals surface area contributed by atoms with Gasteiger partial charge >= 0.3 is 0 Å². The molecule has 1 N–H and O–H groups in total. The van der Waals surface area contributed by atoms with Crippen molar-refractivity contribution in [2.45, 2.75) is 6.54 Å². The minimum Gasteiger partial charge on any atom is -0.379 e. The number of anilines is 2. The van der Waals surface area contributed by atoms with Crippen molar-refractivity contribution in [3.05, 3.63) is 48.5 Å². The number of nitrogens with zero attached hydrogens (tertiary/aromatic N) is 3. The largest absolute Gasteiger partial charge is 0.379 e. The quantitative estimate of drug-likeness (QED) is 0.870. The lowest BCUT2D eigenvalue weighted by Gasteiger charge is -2.14. The lowest BCUT2D eigenvalue weighted by molar-refractivity contribution is 1.01. The molecule has 1 aromatic carbocycles. The third-order valence-corrected chi connectivity index (χ3v) is 2.45. The molecular weight excluding hydrogens is 212 g/mol. The summed E-state index contributed by atoms with van der Waals surface area (Å²) < 4.78 is 0. The Labute approximate surface area is 101 Å². The van der Waals surface area contributed by atoms with Gasteiger partial charge in [-0.05, 0) is 18.2 Å². The Kier molecular flexibility index (Phi) is 3.55. The van der Waals surface area contributed by atoms with E-state index in [4.69, 9.17) is 0 Å². The minimum atomic E-state index is 0.685. The van der Waals surface area contributed by atoms with Gasteiger partial charge < -0.3 is 10.2 Å². The highest BCUT2D eigenvalue weighted by atomic mass is 15.1. The van der Waals surface area contributed by atoms with E-state index in [0.29, 0.717) is 6.54 Å². The summed E-state index contributed by atoms with van der Waals surface area (Å²) in [5.41, 5.74) is 3.19. The number of nitrogens with one attached hydrogen (secondary N) is 1. The fourth-order valence-electron chi connectivity index (χ4n) is 1.51. The second-order valence-electron chi connectivity index (χ2n) is 4.00. The number of rotatable bonds is 4. The Hall–Kier alpha value is -2.10. The van der Waals surface area contributed by atoms with Crippen molar-refractivity contribution in [2.24, 2.45) is 0 Å². The zero-order valence-electron chi connectivity index (χ0n) is 10.1. The Morgan fingerprint density at radius 1 is 1.24 bits per heavy atom. The van der Waals surface area contributed by atoms with E-state index >= 15 is 0 Å². The molecule has 0 saturated carbocycles. The first kappa shape index (κ1) is 11.4. The summed E-state index contributed by atoms with van der Waals surface area (Å²) in [5.74, 6) is 0. The van der Waals surface area contributed by atoms with Crippen LogP contribution in [0.15, 0.2) is 42.9 Å². The van der Waals surface area contributed by atoms with Crippen molar-refractivity contribution in [3.63, 3.8) is 0 Å². The van der Waals surface area contributed by atoms with E-state index in [9.17, 15) is 0 Å². The van der Waals surface area contributed by atoms with Gasteiger partial charge in [0.05, 0.1) is 18.4 Å². The van der Waals surface area contributed by atoms with Crippen LogP contribution in [0.3, 0.4) is 0 Å². The van der Waals surface area contributed by atoms with Crippen molar-refractivity contribution < 1.29 is 0 Å². The molecule has 0 atom stereocenters. The molecule has 0 bridgehead atoms. The van der Waals surface area contributed by atoms with Crippen LogP contribution in [0.1, 0.15) is 5.69 Å². The summed E-state index contributed by atoms with van der Waals surface area (Å²) in [4.78, 5) is 10.3. The zero-order chi connectivity index (χ0) is 12.1. The highest BCUT2D eigenvalue weighted by molar-refractivity contribution is 5.57. The molecule has 0 aliphatic carbocycles. The van der Waals surface area contributed by atoms with E-state index in [-0.39, 0.29) is 0 Å². The number of hydrogen-bond donors (Lipinski definition) is 1. The summed E-state index contributed by atoms with van der Waals surface area (Å²) in [6.07, 6.45) is 5.15. The molecule has 0 aliphatic rings. The molecule has 1 heterocycles. The Bertz CT molecular complexity index is 468. The van der Waals surface area contributed by atoms with Crippen LogP contribution < -0.4 is 10.2 Å². The van der Waals surface area contributed by atoms with E-state index in [1.807, 2.05) is 26.2 Å². The van der Waals surface area contributed by atoms with E-state index in [1.54, 1.807) is 18.6 Å². The lowest BCUT2D eigenvalue weighted by atomic mass is 10.2. The zero-order valence-corrected chi connectivity index (χ0v) is 10.1. The van der Waals surface area contributed by atoms with Crippen molar-refractivity contribution in [3.8, 4) is 0 Å². The molecule has 0 fully saturated rings. The molecule has 4 nitrogen and oxygen atoms in total. The average molecular weight is 228 g/mol. The first-order valence-electron chi connectivity index (χ1n) is 5.52. The second kappa shape index (κ2) is 5.30. The van der Waals surface area contributed by atoms with Gasteiger partial charge in [0.2, 0.25) is 0 Å². The van der Waals surface area contributed by atoms with E-state index in [1.165, 1.54) is 5.69 Å². The molecule has 0 amide bonds. The van der Waals surface area contributed by atoms with Crippen molar-refractivity contribution >= 4 is 11.4 Å². The third kappa shape index (κ3) is 3.17. The van der Waals surface area contributed by atoms with Crippen LogP contribution in [0.2, 0.25) is 0 Å². The van der Waals surface area contributed by atoms with Crippen LogP contribution in [-0.4, -0.2) is 24.1 Å². The predicted octanol–water partition coefficient (Wildman–Crippen LogP) is 2.15. The SMILES string of the molecule is CN(C)c1cccc(NCc2cnccn2)c1.